The van der Waals surface area contributed by atoms with Crippen molar-refractivity contribution >= 4 is 56.6 Å². The number of rotatable bonds is 4. The zero-order valence-corrected chi connectivity index (χ0v) is 22.9. The van der Waals surface area contributed by atoms with Gasteiger partial charge in [-0.25, -0.2) is 4.98 Å². The van der Waals surface area contributed by atoms with E-state index < -0.39 is 0 Å². The van der Waals surface area contributed by atoms with Gasteiger partial charge in [0.2, 0.25) is 0 Å². The Hall–Kier alpha value is -3.75. The van der Waals surface area contributed by atoms with Crippen LogP contribution in [0.2, 0.25) is 0 Å². The summed E-state index contributed by atoms with van der Waals surface area (Å²) in [5, 5.41) is 2.39. The second kappa shape index (κ2) is 9.61. The third-order valence-electron chi connectivity index (χ3n) is 6.40. The molecule has 0 saturated heterocycles. The standard InChI is InChI=1S/C31H20N4S.Pt/c1-33-21-34(30-14-5-4-13-29(30)33)22-9-8-10-23(19-22)36-24-16-17-28-26(20-24)25-11-2-3-12-27(25)35(28)31-15-6-7-18-32-31;/h2-15,17-18,20H,1H3;/q;+2. The number of pyridine rings is 1. The van der Waals surface area contributed by atoms with Crippen molar-refractivity contribution in [1.29, 1.82) is 0 Å². The Morgan fingerprint density at radius 3 is 2.49 bits per heavy atom. The van der Waals surface area contributed by atoms with Crippen molar-refractivity contribution in [3.05, 3.63) is 115 Å². The van der Waals surface area contributed by atoms with Crippen LogP contribution in [-0.2, 0) is 21.1 Å². The molecule has 0 amide bonds. The molecule has 1 aliphatic rings. The maximum atomic E-state index is 4.61. The van der Waals surface area contributed by atoms with Crippen LogP contribution in [0.4, 0.5) is 17.1 Å². The van der Waals surface area contributed by atoms with Crippen LogP contribution < -0.4 is 4.58 Å². The normalized spacial score (nSPS) is 12.2. The summed E-state index contributed by atoms with van der Waals surface area (Å²) in [5.41, 5.74) is 5.43. The number of para-hydroxylation sites is 3. The fraction of sp³-hybridized carbons (Fsp3) is 0.0323. The maximum absolute atomic E-state index is 4.61. The second-order valence-corrected chi connectivity index (χ2v) is 9.71. The molecule has 7 rings (SSSR count). The molecule has 2 aromatic heterocycles. The van der Waals surface area contributed by atoms with Gasteiger partial charge in [-0.1, -0.05) is 68.1 Å². The molecule has 0 N–H and O–H groups in total. The summed E-state index contributed by atoms with van der Waals surface area (Å²) in [5.74, 6) is 0.905. The van der Waals surface area contributed by atoms with Crippen LogP contribution in [0, 0.1) is 12.1 Å². The van der Waals surface area contributed by atoms with E-state index in [1.165, 1.54) is 10.8 Å². The molecule has 6 heteroatoms. The Labute approximate surface area is 233 Å². The Balaban J connectivity index is 0.00000252. The van der Waals surface area contributed by atoms with Gasteiger partial charge < -0.3 is 4.57 Å². The molecule has 6 aromatic rings. The molecule has 0 aliphatic carbocycles. The molecule has 1 aliphatic heterocycles. The number of aromatic nitrogens is 2. The summed E-state index contributed by atoms with van der Waals surface area (Å²) in [6.07, 6.45) is 1.83. The Bertz CT molecular complexity index is 1870. The summed E-state index contributed by atoms with van der Waals surface area (Å²) in [4.78, 5) is 6.69. The number of benzene rings is 4. The fourth-order valence-corrected chi connectivity index (χ4v) is 5.64. The van der Waals surface area contributed by atoms with Crippen molar-refractivity contribution in [3.8, 4) is 5.82 Å². The van der Waals surface area contributed by atoms with Crippen LogP contribution in [0.15, 0.2) is 113 Å². The molecule has 4 nitrogen and oxygen atoms in total. The molecule has 0 bridgehead atoms. The van der Waals surface area contributed by atoms with E-state index in [-0.39, 0.29) is 21.1 Å². The predicted octanol–water partition coefficient (Wildman–Crippen LogP) is 7.22. The first-order valence-electron chi connectivity index (χ1n) is 11.7. The van der Waals surface area contributed by atoms with Gasteiger partial charge in [0.1, 0.15) is 11.5 Å². The van der Waals surface area contributed by atoms with Gasteiger partial charge in [-0.15, -0.1) is 28.1 Å². The number of hydrogen-bond donors (Lipinski definition) is 0. The van der Waals surface area contributed by atoms with Crippen molar-refractivity contribution in [1.82, 2.24) is 14.1 Å². The van der Waals surface area contributed by atoms with Crippen LogP contribution >= 0.6 is 11.8 Å². The van der Waals surface area contributed by atoms with Gasteiger partial charge in [-0.05, 0) is 23.6 Å². The molecule has 4 aromatic carbocycles. The monoisotopic (exact) mass is 675 g/mol. The Morgan fingerprint density at radius 1 is 0.811 bits per heavy atom. The van der Waals surface area contributed by atoms with Gasteiger partial charge in [-0.3, -0.25) is 0 Å². The van der Waals surface area contributed by atoms with Gasteiger partial charge in [0.25, 0.3) is 11.4 Å². The Morgan fingerprint density at radius 2 is 1.62 bits per heavy atom. The van der Waals surface area contributed by atoms with E-state index in [2.05, 4.69) is 105 Å². The van der Waals surface area contributed by atoms with Crippen molar-refractivity contribution in [2.75, 3.05) is 7.05 Å². The summed E-state index contributed by atoms with van der Waals surface area (Å²) in [6, 6.07) is 43.8. The topological polar surface area (TPSA) is 23.8 Å². The Kier molecular flexibility index (Phi) is 6.14. The first kappa shape index (κ1) is 23.6. The van der Waals surface area contributed by atoms with E-state index >= 15 is 0 Å². The van der Waals surface area contributed by atoms with Crippen LogP contribution in [0.3, 0.4) is 0 Å². The van der Waals surface area contributed by atoms with E-state index in [4.69, 9.17) is 0 Å². The minimum atomic E-state index is 0. The van der Waals surface area contributed by atoms with E-state index in [1.807, 2.05) is 42.1 Å². The molecular weight excluding hydrogens is 656 g/mol. The summed E-state index contributed by atoms with van der Waals surface area (Å²) in [6.45, 7) is 0. The summed E-state index contributed by atoms with van der Waals surface area (Å²) < 4.78 is 6.28. The van der Waals surface area contributed by atoms with Crippen LogP contribution in [0.25, 0.3) is 27.6 Å². The third-order valence-corrected chi connectivity index (χ3v) is 7.32. The molecular formula is C31H20N4PtS+2. The minimum absolute atomic E-state index is 0. The number of hydrogen-bond acceptors (Lipinski definition) is 2. The van der Waals surface area contributed by atoms with Crippen LogP contribution in [0.1, 0.15) is 0 Å². The first-order valence-corrected chi connectivity index (χ1v) is 12.5. The SMILES string of the molecule is C[N+]1=C=[N+](c2[c-]c(Sc3[c-]cc4c(c3)c3ccccc3n4-c3ccccn3)ccc2)c2ccccc21.[Pt+2]. The van der Waals surface area contributed by atoms with Crippen LogP contribution in [-0.4, -0.2) is 27.2 Å². The molecule has 3 heterocycles. The fourth-order valence-electron chi connectivity index (χ4n) is 4.81. The van der Waals surface area contributed by atoms with Gasteiger partial charge in [-0.2, -0.15) is 24.3 Å². The molecule has 0 unspecified atom stereocenters. The molecule has 0 radical (unpaired) electrons. The quantitative estimate of drug-likeness (QED) is 0.146. The van der Waals surface area contributed by atoms with Gasteiger partial charge in [0.05, 0.1) is 0 Å². The minimum Gasteiger partial charge on any atom is -0.349 e. The second-order valence-electron chi connectivity index (χ2n) is 8.62. The van der Waals surface area contributed by atoms with E-state index in [1.54, 1.807) is 11.8 Å². The van der Waals surface area contributed by atoms with Crippen molar-refractivity contribution in [3.63, 3.8) is 0 Å². The molecule has 178 valence electrons. The zero-order chi connectivity index (χ0) is 24.1. The van der Waals surface area contributed by atoms with Crippen molar-refractivity contribution < 1.29 is 25.6 Å². The maximum Gasteiger partial charge on any atom is 2.00 e. The zero-order valence-electron chi connectivity index (χ0n) is 19.8. The van der Waals surface area contributed by atoms with E-state index in [9.17, 15) is 0 Å². The summed E-state index contributed by atoms with van der Waals surface area (Å²) in [7, 11) is 2.02. The summed E-state index contributed by atoms with van der Waals surface area (Å²) >= 11 is 1.67. The van der Waals surface area contributed by atoms with E-state index in [0.717, 1.165) is 43.7 Å². The smallest absolute Gasteiger partial charge is 0.349 e. The largest absolute Gasteiger partial charge is 2.00 e. The number of nitrogens with zero attached hydrogens (tertiary/aromatic N) is 4. The van der Waals surface area contributed by atoms with Gasteiger partial charge in [0.15, 0.2) is 7.05 Å². The van der Waals surface area contributed by atoms with Crippen molar-refractivity contribution in [2.45, 2.75) is 9.79 Å². The molecule has 0 atom stereocenters. The predicted molar refractivity (Wildman–Crippen MR) is 146 cm³/mol. The molecule has 0 saturated carbocycles. The molecule has 0 fully saturated rings. The molecule has 0 spiro atoms. The number of fused-ring (bicyclic) bond motifs is 4. The third kappa shape index (κ3) is 4.06. The van der Waals surface area contributed by atoms with Crippen LogP contribution in [0.5, 0.6) is 0 Å². The molecule has 37 heavy (non-hydrogen) atoms. The van der Waals surface area contributed by atoms with Gasteiger partial charge >= 0.3 is 27.1 Å². The average molecular weight is 676 g/mol. The average Bonchev–Trinajstić information content (AvgIpc) is 3.44. The van der Waals surface area contributed by atoms with E-state index in [0.29, 0.717) is 0 Å². The first-order chi connectivity index (χ1) is 17.8. The van der Waals surface area contributed by atoms with Crippen molar-refractivity contribution in [2.24, 2.45) is 0 Å². The van der Waals surface area contributed by atoms with Gasteiger partial charge in [0, 0.05) is 23.8 Å².